The highest BCUT2D eigenvalue weighted by molar-refractivity contribution is 6.02. The van der Waals surface area contributed by atoms with Crippen LogP contribution in [0.3, 0.4) is 0 Å². The number of ether oxygens (including phenoxy) is 1. The van der Waals surface area contributed by atoms with E-state index in [-0.39, 0.29) is 12.5 Å². The van der Waals surface area contributed by atoms with Crippen LogP contribution in [-0.2, 0) is 4.79 Å². The second-order valence-corrected chi connectivity index (χ2v) is 4.06. The molecular formula is C13H17N3O2. The Hall–Kier alpha value is -2.04. The van der Waals surface area contributed by atoms with Gasteiger partial charge in [-0.15, -0.1) is 0 Å². The molecule has 1 aliphatic heterocycles. The summed E-state index contributed by atoms with van der Waals surface area (Å²) in [5.41, 5.74) is 6.23. The zero-order valence-electron chi connectivity index (χ0n) is 10.4. The first-order chi connectivity index (χ1) is 8.79. The molecule has 2 N–H and O–H groups in total. The van der Waals surface area contributed by atoms with E-state index < -0.39 is 0 Å². The van der Waals surface area contributed by atoms with Gasteiger partial charge in [-0.05, 0) is 30.7 Å². The lowest BCUT2D eigenvalue weighted by Crippen LogP contribution is -2.47. The number of hydrazine groups is 1. The fraction of sp³-hybridized carbons (Fsp3) is 0.385. The van der Waals surface area contributed by atoms with Crippen molar-refractivity contribution in [2.75, 3.05) is 13.2 Å². The topological polar surface area (TPSA) is 62.7 Å². The molecule has 5 nitrogen and oxygen atoms in total. The number of nitrogens with one attached hydrogen (secondary N) is 2. The second kappa shape index (κ2) is 6.05. The van der Waals surface area contributed by atoms with E-state index in [4.69, 9.17) is 4.74 Å². The Bertz CT molecular complexity index is 440. The Morgan fingerprint density at radius 2 is 2.06 bits per heavy atom. The lowest BCUT2D eigenvalue weighted by atomic mass is 10.2. The van der Waals surface area contributed by atoms with E-state index in [1.54, 1.807) is 0 Å². The molecule has 1 aromatic rings. The molecule has 5 heteroatoms. The highest BCUT2D eigenvalue weighted by atomic mass is 16.5. The van der Waals surface area contributed by atoms with Crippen molar-refractivity contribution in [3.05, 3.63) is 29.8 Å². The van der Waals surface area contributed by atoms with Crippen LogP contribution in [0.1, 0.15) is 25.3 Å². The minimum atomic E-state index is -0.127. The average molecular weight is 247 g/mol. The average Bonchev–Trinajstić information content (AvgIpc) is 2.41. The molecular weight excluding hydrogens is 230 g/mol. The molecule has 0 unspecified atom stereocenters. The van der Waals surface area contributed by atoms with Gasteiger partial charge in [-0.3, -0.25) is 20.6 Å². The number of unbranched alkanes of at least 4 members (excludes halogenated alkanes) is 1. The minimum absolute atomic E-state index is 0.127. The Kier molecular flexibility index (Phi) is 4.17. The number of carbonyl (C=O) groups excluding carboxylic acids is 1. The van der Waals surface area contributed by atoms with E-state index in [2.05, 4.69) is 22.8 Å². The fourth-order valence-corrected chi connectivity index (χ4v) is 1.57. The first-order valence-corrected chi connectivity index (χ1v) is 6.12. The maximum Gasteiger partial charge on any atom is 0.260 e. The predicted octanol–water partition coefficient (Wildman–Crippen LogP) is 1.25. The number of rotatable bonds is 5. The SMILES string of the molecule is CCCCOc1ccc(C2=NCC(=O)NN2)cc1. The molecule has 1 heterocycles. The van der Waals surface area contributed by atoms with Crippen molar-refractivity contribution in [2.24, 2.45) is 4.99 Å². The van der Waals surface area contributed by atoms with Crippen LogP contribution in [0.5, 0.6) is 5.75 Å². The number of hydrogen-bond acceptors (Lipinski definition) is 4. The van der Waals surface area contributed by atoms with Gasteiger partial charge in [0.2, 0.25) is 0 Å². The Labute approximate surface area is 106 Å². The number of amidine groups is 1. The first-order valence-electron chi connectivity index (χ1n) is 6.12. The maximum absolute atomic E-state index is 10.9. The van der Waals surface area contributed by atoms with Gasteiger partial charge in [0, 0.05) is 5.56 Å². The molecule has 96 valence electrons. The number of benzene rings is 1. The molecule has 0 aliphatic carbocycles. The Balaban J connectivity index is 1.97. The zero-order chi connectivity index (χ0) is 12.8. The normalized spacial score (nSPS) is 14.5. The van der Waals surface area contributed by atoms with Gasteiger partial charge < -0.3 is 4.74 Å². The van der Waals surface area contributed by atoms with Crippen molar-refractivity contribution in [2.45, 2.75) is 19.8 Å². The standard InChI is InChI=1S/C13H17N3O2/c1-2-3-8-18-11-6-4-10(5-7-11)13-14-9-12(17)15-16-13/h4-7H,2-3,8-9H2,1H3,(H,14,16)(H,15,17). The van der Waals surface area contributed by atoms with Gasteiger partial charge in [-0.25, -0.2) is 0 Å². The summed E-state index contributed by atoms with van der Waals surface area (Å²) in [5.74, 6) is 1.40. The van der Waals surface area contributed by atoms with E-state index in [1.807, 2.05) is 24.3 Å². The monoisotopic (exact) mass is 247 g/mol. The molecule has 1 amide bonds. The third-order valence-corrected chi connectivity index (χ3v) is 2.60. The van der Waals surface area contributed by atoms with E-state index in [1.165, 1.54) is 0 Å². The molecule has 0 atom stereocenters. The summed E-state index contributed by atoms with van der Waals surface area (Å²) >= 11 is 0. The van der Waals surface area contributed by atoms with Crippen molar-refractivity contribution in [1.82, 2.24) is 10.9 Å². The molecule has 1 aromatic carbocycles. The van der Waals surface area contributed by atoms with Crippen LogP contribution in [-0.4, -0.2) is 24.9 Å². The van der Waals surface area contributed by atoms with Crippen molar-refractivity contribution in [3.8, 4) is 5.75 Å². The lowest BCUT2D eigenvalue weighted by molar-refractivity contribution is -0.120. The smallest absolute Gasteiger partial charge is 0.260 e. The molecule has 1 aliphatic rings. The summed E-state index contributed by atoms with van der Waals surface area (Å²) in [5, 5.41) is 0. The van der Waals surface area contributed by atoms with Gasteiger partial charge in [0.05, 0.1) is 6.61 Å². The zero-order valence-corrected chi connectivity index (χ0v) is 10.4. The van der Waals surface area contributed by atoms with Crippen LogP contribution in [0, 0.1) is 0 Å². The van der Waals surface area contributed by atoms with Gasteiger partial charge in [0.1, 0.15) is 18.1 Å². The van der Waals surface area contributed by atoms with Crippen molar-refractivity contribution >= 4 is 11.7 Å². The third-order valence-electron chi connectivity index (χ3n) is 2.60. The van der Waals surface area contributed by atoms with Gasteiger partial charge in [0.15, 0.2) is 0 Å². The van der Waals surface area contributed by atoms with Crippen LogP contribution in [0.15, 0.2) is 29.3 Å². The second-order valence-electron chi connectivity index (χ2n) is 4.06. The molecule has 2 rings (SSSR count). The van der Waals surface area contributed by atoms with Crippen LogP contribution in [0.2, 0.25) is 0 Å². The Morgan fingerprint density at radius 1 is 1.28 bits per heavy atom. The van der Waals surface area contributed by atoms with Gasteiger partial charge in [-0.2, -0.15) is 0 Å². The number of nitrogens with zero attached hydrogens (tertiary/aromatic N) is 1. The number of aliphatic imine (C=N–C) groups is 1. The minimum Gasteiger partial charge on any atom is -0.494 e. The molecule has 0 bridgehead atoms. The highest BCUT2D eigenvalue weighted by Gasteiger charge is 2.11. The van der Waals surface area contributed by atoms with Crippen molar-refractivity contribution in [3.63, 3.8) is 0 Å². The highest BCUT2D eigenvalue weighted by Crippen LogP contribution is 2.13. The molecule has 0 fully saturated rings. The molecule has 0 radical (unpaired) electrons. The lowest BCUT2D eigenvalue weighted by Gasteiger charge is -2.15. The molecule has 0 saturated carbocycles. The van der Waals surface area contributed by atoms with Crippen LogP contribution >= 0.6 is 0 Å². The molecule has 18 heavy (non-hydrogen) atoms. The van der Waals surface area contributed by atoms with Crippen LogP contribution < -0.4 is 15.6 Å². The summed E-state index contributed by atoms with van der Waals surface area (Å²) < 4.78 is 5.58. The summed E-state index contributed by atoms with van der Waals surface area (Å²) in [6, 6.07) is 7.66. The number of carbonyl (C=O) groups is 1. The molecule has 0 saturated heterocycles. The van der Waals surface area contributed by atoms with Crippen molar-refractivity contribution in [1.29, 1.82) is 0 Å². The van der Waals surface area contributed by atoms with Crippen LogP contribution in [0.4, 0.5) is 0 Å². The summed E-state index contributed by atoms with van der Waals surface area (Å²) in [6.07, 6.45) is 2.18. The first kappa shape index (κ1) is 12.4. The van der Waals surface area contributed by atoms with Gasteiger partial charge in [-0.1, -0.05) is 13.3 Å². The molecule has 0 aromatic heterocycles. The molecule has 0 spiro atoms. The number of amides is 1. The predicted molar refractivity (Wildman–Crippen MR) is 69.5 cm³/mol. The van der Waals surface area contributed by atoms with Crippen LogP contribution in [0.25, 0.3) is 0 Å². The number of hydrogen-bond donors (Lipinski definition) is 2. The van der Waals surface area contributed by atoms with Gasteiger partial charge in [0.25, 0.3) is 5.91 Å². The fourth-order valence-electron chi connectivity index (χ4n) is 1.57. The maximum atomic E-state index is 10.9. The van der Waals surface area contributed by atoms with Crippen molar-refractivity contribution < 1.29 is 9.53 Å². The van der Waals surface area contributed by atoms with E-state index in [0.29, 0.717) is 5.84 Å². The third kappa shape index (κ3) is 3.23. The quantitative estimate of drug-likeness (QED) is 0.770. The summed E-state index contributed by atoms with van der Waals surface area (Å²) in [7, 11) is 0. The van der Waals surface area contributed by atoms with E-state index >= 15 is 0 Å². The summed E-state index contributed by atoms with van der Waals surface area (Å²) in [4.78, 5) is 15.1. The Morgan fingerprint density at radius 3 is 2.67 bits per heavy atom. The summed E-state index contributed by atoms with van der Waals surface area (Å²) in [6.45, 7) is 3.04. The van der Waals surface area contributed by atoms with E-state index in [0.717, 1.165) is 30.8 Å². The van der Waals surface area contributed by atoms with Gasteiger partial charge >= 0.3 is 0 Å². The van der Waals surface area contributed by atoms with E-state index in [9.17, 15) is 4.79 Å². The largest absolute Gasteiger partial charge is 0.494 e.